The summed E-state index contributed by atoms with van der Waals surface area (Å²) in [5, 5.41) is 5.82. The van der Waals surface area contributed by atoms with E-state index in [0.29, 0.717) is 12.1 Å². The van der Waals surface area contributed by atoms with Crippen LogP contribution in [-0.2, 0) is 6.42 Å². The lowest BCUT2D eigenvalue weighted by atomic mass is 10.2. The number of carbonyl (C=O) groups excluding carboxylic acids is 1. The maximum absolute atomic E-state index is 11.9. The molecule has 0 saturated carbocycles. The summed E-state index contributed by atoms with van der Waals surface area (Å²) >= 11 is 1.60. The summed E-state index contributed by atoms with van der Waals surface area (Å²) in [5.74, 6) is 0.730. The smallest absolute Gasteiger partial charge is 0.252 e. The van der Waals surface area contributed by atoms with Gasteiger partial charge in [0.1, 0.15) is 5.82 Å². The van der Waals surface area contributed by atoms with E-state index in [0.717, 1.165) is 17.2 Å². The fourth-order valence-electron chi connectivity index (χ4n) is 1.55. The van der Waals surface area contributed by atoms with Crippen LogP contribution in [0.25, 0.3) is 0 Å². The van der Waals surface area contributed by atoms with E-state index in [1.807, 2.05) is 30.4 Å². The van der Waals surface area contributed by atoms with Crippen molar-refractivity contribution in [3.05, 3.63) is 40.5 Å². The molecule has 0 aliphatic carbocycles. The molecule has 2 heterocycles. The van der Waals surface area contributed by atoms with Crippen molar-refractivity contribution in [3.8, 4) is 0 Å². The first kappa shape index (κ1) is 13.5. The maximum Gasteiger partial charge on any atom is 0.252 e. The Kier molecular flexibility index (Phi) is 4.46. The molecule has 2 rings (SSSR count). The SMILES string of the molecule is CN(C)c1ccc(C(=O)NCCc2nccs2)cn1. The van der Waals surface area contributed by atoms with E-state index < -0.39 is 0 Å². The molecule has 0 spiro atoms. The lowest BCUT2D eigenvalue weighted by Gasteiger charge is -2.11. The molecule has 0 aliphatic heterocycles. The highest BCUT2D eigenvalue weighted by Gasteiger charge is 2.06. The number of nitrogens with one attached hydrogen (secondary N) is 1. The second-order valence-corrected chi connectivity index (χ2v) is 5.21. The van der Waals surface area contributed by atoms with Gasteiger partial charge in [0, 0.05) is 44.8 Å². The number of anilines is 1. The molecule has 0 fully saturated rings. The summed E-state index contributed by atoms with van der Waals surface area (Å²) in [6, 6.07) is 3.61. The van der Waals surface area contributed by atoms with E-state index in [9.17, 15) is 4.79 Å². The Hall–Kier alpha value is -1.95. The highest BCUT2D eigenvalue weighted by molar-refractivity contribution is 7.09. The number of pyridine rings is 1. The van der Waals surface area contributed by atoms with Gasteiger partial charge in [-0.15, -0.1) is 11.3 Å². The number of hydrogen-bond donors (Lipinski definition) is 1. The van der Waals surface area contributed by atoms with Gasteiger partial charge in [-0.2, -0.15) is 0 Å². The molecular weight excluding hydrogens is 260 g/mol. The summed E-state index contributed by atoms with van der Waals surface area (Å²) in [4.78, 5) is 22.1. The molecular formula is C13H16N4OS. The second kappa shape index (κ2) is 6.29. The number of hydrogen-bond acceptors (Lipinski definition) is 5. The van der Waals surface area contributed by atoms with Crippen LogP contribution in [-0.4, -0.2) is 36.5 Å². The summed E-state index contributed by atoms with van der Waals surface area (Å²) < 4.78 is 0. The topological polar surface area (TPSA) is 58.1 Å². The van der Waals surface area contributed by atoms with Crippen molar-refractivity contribution < 1.29 is 4.79 Å². The molecule has 0 unspecified atom stereocenters. The summed E-state index contributed by atoms with van der Waals surface area (Å²) in [5.41, 5.74) is 0.574. The van der Waals surface area contributed by atoms with E-state index >= 15 is 0 Å². The number of amides is 1. The Morgan fingerprint density at radius 3 is 2.79 bits per heavy atom. The quantitative estimate of drug-likeness (QED) is 0.900. The molecule has 0 saturated heterocycles. The highest BCUT2D eigenvalue weighted by Crippen LogP contribution is 2.08. The van der Waals surface area contributed by atoms with Crippen LogP contribution in [0.2, 0.25) is 0 Å². The van der Waals surface area contributed by atoms with Crippen LogP contribution in [0.3, 0.4) is 0 Å². The molecule has 1 amide bonds. The molecule has 0 bridgehead atoms. The summed E-state index contributed by atoms with van der Waals surface area (Å²) in [6.07, 6.45) is 4.12. The zero-order chi connectivity index (χ0) is 13.7. The minimum absolute atomic E-state index is 0.102. The van der Waals surface area contributed by atoms with Crippen molar-refractivity contribution in [2.75, 3.05) is 25.5 Å². The number of thiazole rings is 1. The zero-order valence-corrected chi connectivity index (χ0v) is 11.8. The lowest BCUT2D eigenvalue weighted by molar-refractivity contribution is 0.0954. The molecule has 5 nitrogen and oxygen atoms in total. The van der Waals surface area contributed by atoms with Crippen molar-refractivity contribution in [1.82, 2.24) is 15.3 Å². The monoisotopic (exact) mass is 276 g/mol. The van der Waals surface area contributed by atoms with E-state index in [2.05, 4.69) is 15.3 Å². The van der Waals surface area contributed by atoms with Gasteiger partial charge in [0.05, 0.1) is 10.6 Å². The molecule has 0 radical (unpaired) electrons. The Balaban J connectivity index is 1.85. The largest absolute Gasteiger partial charge is 0.363 e. The van der Waals surface area contributed by atoms with E-state index in [1.54, 1.807) is 29.8 Å². The lowest BCUT2D eigenvalue weighted by Crippen LogP contribution is -2.25. The van der Waals surface area contributed by atoms with Gasteiger partial charge >= 0.3 is 0 Å². The molecule has 1 N–H and O–H groups in total. The molecule has 0 atom stereocenters. The maximum atomic E-state index is 11.9. The van der Waals surface area contributed by atoms with Gasteiger partial charge in [-0.25, -0.2) is 9.97 Å². The van der Waals surface area contributed by atoms with Crippen molar-refractivity contribution >= 4 is 23.1 Å². The van der Waals surface area contributed by atoms with E-state index in [1.165, 1.54) is 0 Å². The van der Waals surface area contributed by atoms with Gasteiger partial charge in [0.15, 0.2) is 0 Å². The summed E-state index contributed by atoms with van der Waals surface area (Å²) in [6.45, 7) is 0.585. The van der Waals surface area contributed by atoms with Crippen LogP contribution < -0.4 is 10.2 Å². The van der Waals surface area contributed by atoms with Crippen LogP contribution in [0.5, 0.6) is 0 Å². The highest BCUT2D eigenvalue weighted by atomic mass is 32.1. The Morgan fingerprint density at radius 1 is 1.37 bits per heavy atom. The number of nitrogens with zero attached hydrogens (tertiary/aromatic N) is 3. The molecule has 2 aromatic rings. The Bertz CT molecular complexity index is 522. The van der Waals surface area contributed by atoms with Crippen molar-refractivity contribution in [2.45, 2.75) is 6.42 Å². The third-order valence-electron chi connectivity index (χ3n) is 2.58. The van der Waals surface area contributed by atoms with Crippen molar-refractivity contribution in [3.63, 3.8) is 0 Å². The van der Waals surface area contributed by atoms with Crippen LogP contribution in [0.1, 0.15) is 15.4 Å². The van der Waals surface area contributed by atoms with E-state index in [-0.39, 0.29) is 5.91 Å². The van der Waals surface area contributed by atoms with Gasteiger partial charge in [0.2, 0.25) is 0 Å². The average molecular weight is 276 g/mol. The number of carbonyl (C=O) groups is 1. The van der Waals surface area contributed by atoms with E-state index in [4.69, 9.17) is 0 Å². The minimum atomic E-state index is -0.102. The van der Waals surface area contributed by atoms with Gasteiger partial charge in [-0.05, 0) is 12.1 Å². The van der Waals surface area contributed by atoms with Crippen LogP contribution in [0.15, 0.2) is 29.9 Å². The molecule has 19 heavy (non-hydrogen) atoms. The van der Waals surface area contributed by atoms with Crippen LogP contribution >= 0.6 is 11.3 Å². The Labute approximate surface area is 116 Å². The normalized spacial score (nSPS) is 10.2. The summed E-state index contributed by atoms with van der Waals surface area (Å²) in [7, 11) is 3.83. The third kappa shape index (κ3) is 3.75. The first-order valence-electron chi connectivity index (χ1n) is 5.97. The molecule has 0 aromatic carbocycles. The predicted octanol–water partition coefficient (Wildman–Crippen LogP) is 1.58. The molecule has 6 heteroatoms. The van der Waals surface area contributed by atoms with Crippen LogP contribution in [0, 0.1) is 0 Å². The fraction of sp³-hybridized carbons (Fsp3) is 0.308. The Morgan fingerprint density at radius 2 is 2.21 bits per heavy atom. The minimum Gasteiger partial charge on any atom is -0.363 e. The second-order valence-electron chi connectivity index (χ2n) is 4.23. The number of aromatic nitrogens is 2. The fourth-order valence-corrected chi connectivity index (χ4v) is 2.17. The molecule has 0 aliphatic rings. The third-order valence-corrected chi connectivity index (χ3v) is 3.42. The van der Waals surface area contributed by atoms with Gasteiger partial charge in [0.25, 0.3) is 5.91 Å². The van der Waals surface area contributed by atoms with Gasteiger partial charge in [-0.1, -0.05) is 0 Å². The zero-order valence-electron chi connectivity index (χ0n) is 11.0. The van der Waals surface area contributed by atoms with Crippen LogP contribution in [0.4, 0.5) is 5.82 Å². The first-order valence-corrected chi connectivity index (χ1v) is 6.85. The molecule has 2 aromatic heterocycles. The number of rotatable bonds is 5. The predicted molar refractivity (Wildman–Crippen MR) is 76.7 cm³/mol. The van der Waals surface area contributed by atoms with Gasteiger partial charge in [-0.3, -0.25) is 4.79 Å². The van der Waals surface area contributed by atoms with Crippen molar-refractivity contribution in [2.24, 2.45) is 0 Å². The first-order chi connectivity index (χ1) is 9.16. The van der Waals surface area contributed by atoms with Crippen molar-refractivity contribution in [1.29, 1.82) is 0 Å². The molecule has 100 valence electrons. The average Bonchev–Trinajstić information content (AvgIpc) is 2.92. The van der Waals surface area contributed by atoms with Gasteiger partial charge < -0.3 is 10.2 Å². The standard InChI is InChI=1S/C13H16N4OS/c1-17(2)11-4-3-10(9-16-11)13(18)15-6-5-12-14-7-8-19-12/h3-4,7-9H,5-6H2,1-2H3,(H,15,18).